The van der Waals surface area contributed by atoms with Crippen molar-refractivity contribution in [3.8, 4) is 5.75 Å². The second-order valence-electron chi connectivity index (χ2n) is 8.98. The number of ether oxygens (including phenoxy) is 1. The minimum absolute atomic E-state index is 0.0906. The van der Waals surface area contributed by atoms with Gasteiger partial charge in [0, 0.05) is 20.0 Å². The summed E-state index contributed by atoms with van der Waals surface area (Å²) in [5.74, 6) is -0.228. The molecule has 0 aliphatic rings. The third-order valence-electron chi connectivity index (χ3n) is 6.32. The molecule has 38 heavy (non-hydrogen) atoms. The molecule has 3 aromatic carbocycles. The molecule has 0 saturated heterocycles. The lowest BCUT2D eigenvalue weighted by Crippen LogP contribution is -2.52. The average Bonchev–Trinajstić information content (AvgIpc) is 2.93. The fraction of sp³-hybridized carbons (Fsp3) is 0.310. The molecule has 8 nitrogen and oxygen atoms in total. The average molecular weight is 538 g/mol. The van der Waals surface area contributed by atoms with Gasteiger partial charge in [-0.3, -0.25) is 13.9 Å². The van der Waals surface area contributed by atoms with Crippen LogP contribution >= 0.6 is 0 Å². The second kappa shape index (κ2) is 13.1. The Morgan fingerprint density at radius 1 is 0.921 bits per heavy atom. The number of likely N-dealkylation sites (N-methyl/N-ethyl adjacent to an activating group) is 1. The summed E-state index contributed by atoms with van der Waals surface area (Å²) in [6.07, 6.45) is 2.14. The lowest BCUT2D eigenvalue weighted by Gasteiger charge is -2.33. The van der Waals surface area contributed by atoms with Gasteiger partial charge in [0.25, 0.3) is 0 Å². The van der Waals surface area contributed by atoms with Crippen LogP contribution in [0.25, 0.3) is 0 Å². The molecule has 0 fully saturated rings. The Morgan fingerprint density at radius 3 is 2.16 bits per heavy atom. The Kier molecular flexibility index (Phi) is 9.90. The van der Waals surface area contributed by atoms with E-state index >= 15 is 0 Å². The van der Waals surface area contributed by atoms with Gasteiger partial charge in [0.15, 0.2) is 0 Å². The summed E-state index contributed by atoms with van der Waals surface area (Å²) in [4.78, 5) is 28.5. The van der Waals surface area contributed by atoms with Gasteiger partial charge in [0.1, 0.15) is 18.3 Å². The van der Waals surface area contributed by atoms with E-state index in [9.17, 15) is 18.0 Å². The summed E-state index contributed by atoms with van der Waals surface area (Å²) in [6, 6.07) is 22.8. The van der Waals surface area contributed by atoms with Gasteiger partial charge in [-0.25, -0.2) is 8.42 Å². The van der Waals surface area contributed by atoms with Crippen LogP contribution in [0.15, 0.2) is 78.9 Å². The first kappa shape index (κ1) is 28.7. The van der Waals surface area contributed by atoms with Gasteiger partial charge in [0.05, 0.1) is 19.1 Å². The summed E-state index contributed by atoms with van der Waals surface area (Å²) in [7, 11) is -0.720. The van der Waals surface area contributed by atoms with E-state index in [0.717, 1.165) is 33.7 Å². The van der Waals surface area contributed by atoms with Crippen molar-refractivity contribution in [2.75, 3.05) is 31.3 Å². The highest BCUT2D eigenvalue weighted by Gasteiger charge is 2.32. The SMILES string of the molecule is CCc1ccc(N(CC(=O)N(Cc2cccc(OC)c2)C(Cc2ccccc2)C(=O)NC)S(C)(=O)=O)cc1. The summed E-state index contributed by atoms with van der Waals surface area (Å²) >= 11 is 0. The maximum Gasteiger partial charge on any atom is 0.244 e. The molecular weight excluding hydrogens is 502 g/mol. The molecule has 1 N–H and O–H groups in total. The molecule has 0 aliphatic carbocycles. The highest BCUT2D eigenvalue weighted by atomic mass is 32.2. The largest absolute Gasteiger partial charge is 0.497 e. The van der Waals surface area contributed by atoms with E-state index < -0.39 is 28.5 Å². The molecule has 9 heteroatoms. The molecule has 0 heterocycles. The molecule has 0 bridgehead atoms. The predicted octanol–water partition coefficient (Wildman–Crippen LogP) is 3.41. The van der Waals surface area contributed by atoms with Gasteiger partial charge in [0.2, 0.25) is 21.8 Å². The van der Waals surface area contributed by atoms with E-state index in [-0.39, 0.29) is 18.9 Å². The van der Waals surface area contributed by atoms with Crippen LogP contribution in [0.1, 0.15) is 23.6 Å². The molecule has 1 atom stereocenters. The van der Waals surface area contributed by atoms with E-state index in [2.05, 4.69) is 5.32 Å². The number of amides is 2. The van der Waals surface area contributed by atoms with Crippen molar-refractivity contribution in [2.45, 2.75) is 32.4 Å². The Hall–Kier alpha value is -3.85. The molecular formula is C29H35N3O5S. The van der Waals surface area contributed by atoms with Gasteiger partial charge in [-0.05, 0) is 47.4 Å². The van der Waals surface area contributed by atoms with E-state index in [0.29, 0.717) is 11.4 Å². The smallest absolute Gasteiger partial charge is 0.244 e. The Morgan fingerprint density at radius 2 is 1.58 bits per heavy atom. The minimum Gasteiger partial charge on any atom is -0.497 e. The standard InChI is InChI=1S/C29H35N3O5S/c1-5-22-14-16-25(17-15-22)32(38(4,35)36)21-28(33)31(20-24-12-9-13-26(18-24)37-3)27(29(34)30-2)19-23-10-7-6-8-11-23/h6-18,27H,5,19-21H2,1-4H3,(H,30,34). The number of anilines is 1. The number of hydrogen-bond donors (Lipinski definition) is 1. The van der Waals surface area contributed by atoms with E-state index in [1.165, 1.54) is 11.9 Å². The number of aryl methyl sites for hydroxylation is 1. The van der Waals surface area contributed by atoms with Crippen LogP contribution < -0.4 is 14.4 Å². The first-order chi connectivity index (χ1) is 18.2. The summed E-state index contributed by atoms with van der Waals surface area (Å²) in [5, 5.41) is 2.67. The molecule has 202 valence electrons. The molecule has 0 saturated carbocycles. The maximum atomic E-state index is 13.9. The molecule has 3 aromatic rings. The van der Waals surface area contributed by atoms with Gasteiger partial charge in [-0.15, -0.1) is 0 Å². The van der Waals surface area contributed by atoms with Crippen LogP contribution in [0.3, 0.4) is 0 Å². The fourth-order valence-corrected chi connectivity index (χ4v) is 5.05. The lowest BCUT2D eigenvalue weighted by molar-refractivity contribution is -0.139. The normalized spacial score (nSPS) is 11.9. The van der Waals surface area contributed by atoms with Crippen molar-refractivity contribution in [3.63, 3.8) is 0 Å². The van der Waals surface area contributed by atoms with E-state index in [4.69, 9.17) is 4.74 Å². The van der Waals surface area contributed by atoms with E-state index in [1.54, 1.807) is 37.4 Å². The fourth-order valence-electron chi connectivity index (χ4n) is 4.20. The second-order valence-corrected chi connectivity index (χ2v) is 10.9. The first-order valence-corrected chi connectivity index (χ1v) is 14.3. The summed E-state index contributed by atoms with van der Waals surface area (Å²) in [6.45, 7) is 1.65. The van der Waals surface area contributed by atoms with Crippen LogP contribution in [0.5, 0.6) is 5.75 Å². The number of benzene rings is 3. The Labute approximate surface area is 225 Å². The highest BCUT2D eigenvalue weighted by molar-refractivity contribution is 7.92. The van der Waals surface area contributed by atoms with Crippen molar-refractivity contribution in [3.05, 3.63) is 95.6 Å². The number of methoxy groups -OCH3 is 1. The highest BCUT2D eigenvalue weighted by Crippen LogP contribution is 2.22. The number of nitrogens with one attached hydrogen (secondary N) is 1. The van der Waals surface area contributed by atoms with Crippen molar-refractivity contribution in [1.82, 2.24) is 10.2 Å². The number of rotatable bonds is 12. The zero-order valence-corrected chi connectivity index (χ0v) is 23.1. The summed E-state index contributed by atoms with van der Waals surface area (Å²) < 4.78 is 32.0. The minimum atomic E-state index is -3.79. The lowest BCUT2D eigenvalue weighted by atomic mass is 10.0. The predicted molar refractivity (Wildman–Crippen MR) is 150 cm³/mol. The van der Waals surface area contributed by atoms with Crippen LogP contribution in [0.4, 0.5) is 5.69 Å². The number of sulfonamides is 1. The molecule has 0 aliphatic heterocycles. The third-order valence-corrected chi connectivity index (χ3v) is 7.46. The Bertz CT molecular complexity index is 1330. The van der Waals surface area contributed by atoms with Crippen molar-refractivity contribution < 1.29 is 22.7 Å². The first-order valence-electron chi connectivity index (χ1n) is 12.4. The number of carbonyl (C=O) groups is 2. The maximum absolute atomic E-state index is 13.9. The van der Waals surface area contributed by atoms with Crippen LogP contribution in [0, 0.1) is 0 Å². The third kappa shape index (κ3) is 7.58. The topological polar surface area (TPSA) is 96.0 Å². The van der Waals surface area contributed by atoms with Gasteiger partial charge < -0.3 is 15.0 Å². The Balaban J connectivity index is 2.02. The zero-order valence-electron chi connectivity index (χ0n) is 22.3. The molecule has 1 unspecified atom stereocenters. The van der Waals surface area contributed by atoms with E-state index in [1.807, 2.05) is 55.5 Å². The molecule has 2 amide bonds. The molecule has 3 rings (SSSR count). The van der Waals surface area contributed by atoms with Crippen molar-refractivity contribution in [1.29, 1.82) is 0 Å². The number of hydrogen-bond acceptors (Lipinski definition) is 5. The van der Waals surface area contributed by atoms with Crippen molar-refractivity contribution >= 4 is 27.5 Å². The monoisotopic (exact) mass is 537 g/mol. The van der Waals surface area contributed by atoms with Crippen LogP contribution in [0.2, 0.25) is 0 Å². The van der Waals surface area contributed by atoms with Gasteiger partial charge in [-0.2, -0.15) is 0 Å². The van der Waals surface area contributed by atoms with Crippen LogP contribution in [-0.2, 0) is 39.0 Å². The number of carbonyl (C=O) groups excluding carboxylic acids is 2. The van der Waals surface area contributed by atoms with Crippen LogP contribution in [-0.4, -0.2) is 58.1 Å². The summed E-state index contributed by atoms with van der Waals surface area (Å²) in [5.41, 5.74) is 3.06. The zero-order chi connectivity index (χ0) is 27.7. The number of nitrogens with zero attached hydrogens (tertiary/aromatic N) is 2. The van der Waals surface area contributed by atoms with Gasteiger partial charge in [-0.1, -0.05) is 61.5 Å². The quantitative estimate of drug-likeness (QED) is 0.382. The van der Waals surface area contributed by atoms with Gasteiger partial charge >= 0.3 is 0 Å². The van der Waals surface area contributed by atoms with Crippen molar-refractivity contribution in [2.24, 2.45) is 0 Å². The molecule has 0 spiro atoms. The molecule has 0 radical (unpaired) electrons. The molecule has 0 aromatic heterocycles.